The highest BCUT2D eigenvalue weighted by molar-refractivity contribution is 5.93. The summed E-state index contributed by atoms with van der Waals surface area (Å²) in [6, 6.07) is 23.3. The molecular weight excluding hydrogens is 526 g/mol. The first-order valence-corrected chi connectivity index (χ1v) is 14.7. The van der Waals surface area contributed by atoms with Gasteiger partial charge in [0.2, 0.25) is 11.8 Å². The van der Waals surface area contributed by atoms with E-state index in [0.29, 0.717) is 6.54 Å². The van der Waals surface area contributed by atoms with Crippen LogP contribution in [-0.4, -0.2) is 40.5 Å². The number of rotatable bonds is 10. The van der Waals surface area contributed by atoms with Crippen LogP contribution in [0.25, 0.3) is 0 Å². The van der Waals surface area contributed by atoms with Crippen molar-refractivity contribution in [3.05, 3.63) is 107 Å². The predicted molar refractivity (Wildman–Crippen MR) is 165 cm³/mol. The minimum Gasteiger partial charge on any atom is -0.444 e. The van der Waals surface area contributed by atoms with Crippen LogP contribution in [0.5, 0.6) is 0 Å². The minimum atomic E-state index is -0.926. The average Bonchev–Trinajstić information content (AvgIpc) is 3.65. The Morgan fingerprint density at radius 3 is 2.07 bits per heavy atom. The van der Waals surface area contributed by atoms with Gasteiger partial charge in [-0.15, -0.1) is 0 Å². The van der Waals surface area contributed by atoms with Crippen molar-refractivity contribution in [2.24, 2.45) is 5.92 Å². The number of carbonyl (C=O) groups is 3. The molecule has 2 N–H and O–H groups in total. The van der Waals surface area contributed by atoms with E-state index in [2.05, 4.69) is 17.6 Å². The van der Waals surface area contributed by atoms with Crippen LogP contribution in [0, 0.1) is 19.8 Å². The van der Waals surface area contributed by atoms with E-state index in [-0.39, 0.29) is 30.2 Å². The topological polar surface area (TPSA) is 87.7 Å². The Morgan fingerprint density at radius 1 is 0.929 bits per heavy atom. The highest BCUT2D eigenvalue weighted by Gasteiger charge is 2.48. The fourth-order valence-electron chi connectivity index (χ4n) is 5.28. The lowest BCUT2D eigenvalue weighted by Gasteiger charge is -2.36. The van der Waals surface area contributed by atoms with Crippen LogP contribution in [0.3, 0.4) is 0 Å². The molecule has 3 amide bonds. The van der Waals surface area contributed by atoms with Crippen LogP contribution in [0.1, 0.15) is 68.0 Å². The minimum absolute atomic E-state index is 0.135. The van der Waals surface area contributed by atoms with Crippen molar-refractivity contribution in [2.75, 3.05) is 0 Å². The van der Waals surface area contributed by atoms with Crippen molar-refractivity contribution < 1.29 is 19.1 Å². The third-order valence-electron chi connectivity index (χ3n) is 7.51. The Kier molecular flexibility index (Phi) is 9.71. The SMILES string of the molecule is Cc1ccc(C(C(=O)NCc2ccccc2)N(C(=O)C(Cc2ccccc2)NC(=O)OC(C)(C)C)C2CC2C)c(C)c1. The number of alkyl carbamates (subject to hydrolysis) is 1. The Bertz CT molecular complexity index is 1380. The van der Waals surface area contributed by atoms with Gasteiger partial charge in [-0.2, -0.15) is 0 Å². The van der Waals surface area contributed by atoms with Crippen LogP contribution >= 0.6 is 0 Å². The number of hydrogen-bond donors (Lipinski definition) is 2. The highest BCUT2D eigenvalue weighted by atomic mass is 16.6. The van der Waals surface area contributed by atoms with Gasteiger partial charge in [-0.3, -0.25) is 9.59 Å². The highest BCUT2D eigenvalue weighted by Crippen LogP contribution is 2.41. The number of aryl methyl sites for hydroxylation is 2. The Balaban J connectivity index is 1.73. The lowest BCUT2D eigenvalue weighted by atomic mass is 9.95. The molecule has 0 aliphatic heterocycles. The zero-order valence-electron chi connectivity index (χ0n) is 25.5. The van der Waals surface area contributed by atoms with Crippen molar-refractivity contribution in [3.8, 4) is 0 Å². The Labute approximate surface area is 249 Å². The van der Waals surface area contributed by atoms with Crippen molar-refractivity contribution in [1.29, 1.82) is 0 Å². The fourth-order valence-corrected chi connectivity index (χ4v) is 5.28. The summed E-state index contributed by atoms with van der Waals surface area (Å²) in [4.78, 5) is 43.4. The van der Waals surface area contributed by atoms with E-state index >= 15 is 0 Å². The summed E-state index contributed by atoms with van der Waals surface area (Å²) < 4.78 is 5.55. The maximum atomic E-state index is 14.6. The molecule has 3 aromatic carbocycles. The van der Waals surface area contributed by atoms with Crippen molar-refractivity contribution >= 4 is 17.9 Å². The van der Waals surface area contributed by atoms with Gasteiger partial charge in [0.25, 0.3) is 0 Å². The predicted octanol–water partition coefficient (Wildman–Crippen LogP) is 6.03. The molecule has 1 saturated carbocycles. The first-order valence-electron chi connectivity index (χ1n) is 14.7. The summed E-state index contributed by atoms with van der Waals surface area (Å²) in [6.07, 6.45) is 0.378. The zero-order chi connectivity index (χ0) is 30.4. The van der Waals surface area contributed by atoms with Crippen LogP contribution < -0.4 is 10.6 Å². The number of carbonyl (C=O) groups excluding carboxylic acids is 3. The monoisotopic (exact) mass is 569 g/mol. The Hall–Kier alpha value is -4.13. The number of hydrogen-bond acceptors (Lipinski definition) is 4. The first kappa shape index (κ1) is 30.8. The van der Waals surface area contributed by atoms with Gasteiger partial charge in [-0.25, -0.2) is 4.79 Å². The fraction of sp³-hybridized carbons (Fsp3) is 0.400. The van der Waals surface area contributed by atoms with Crippen LogP contribution in [0.15, 0.2) is 78.9 Å². The molecule has 3 aromatic rings. The van der Waals surface area contributed by atoms with Gasteiger partial charge >= 0.3 is 6.09 Å². The van der Waals surface area contributed by atoms with E-state index in [4.69, 9.17) is 4.74 Å². The van der Waals surface area contributed by atoms with Gasteiger partial charge in [0.05, 0.1) is 0 Å². The molecule has 1 aliphatic carbocycles. The molecule has 4 rings (SSSR count). The Morgan fingerprint density at radius 2 is 1.52 bits per heavy atom. The van der Waals surface area contributed by atoms with Gasteiger partial charge in [-0.05, 0) is 69.2 Å². The summed E-state index contributed by atoms with van der Waals surface area (Å²) >= 11 is 0. The first-order chi connectivity index (χ1) is 19.9. The summed E-state index contributed by atoms with van der Waals surface area (Å²) in [5.41, 5.74) is 3.92. The third-order valence-corrected chi connectivity index (χ3v) is 7.51. The molecule has 1 aliphatic rings. The van der Waals surface area contributed by atoms with Gasteiger partial charge in [-0.1, -0.05) is 91.3 Å². The van der Waals surface area contributed by atoms with Crippen molar-refractivity contribution in [1.82, 2.24) is 15.5 Å². The quantitative estimate of drug-likeness (QED) is 0.312. The number of benzene rings is 3. The maximum Gasteiger partial charge on any atom is 0.408 e. The lowest BCUT2D eigenvalue weighted by Crippen LogP contribution is -2.54. The lowest BCUT2D eigenvalue weighted by molar-refractivity contribution is -0.143. The number of nitrogens with zero attached hydrogens (tertiary/aromatic N) is 1. The van der Waals surface area contributed by atoms with Gasteiger partial charge in [0, 0.05) is 19.0 Å². The standard InChI is InChI=1S/C35H43N3O4/c1-23-17-18-28(24(2)19-23)31(32(39)36-22-27-15-11-8-12-16-27)38(30-20-25(30)3)33(40)29(21-26-13-9-7-10-14-26)37-34(41)42-35(4,5)6/h7-19,25,29-31H,20-22H2,1-6H3,(H,36,39)(H,37,41). The van der Waals surface area contributed by atoms with Crippen molar-refractivity contribution in [3.63, 3.8) is 0 Å². The maximum absolute atomic E-state index is 14.6. The van der Waals surface area contributed by atoms with Crippen LogP contribution in [0.2, 0.25) is 0 Å². The average molecular weight is 570 g/mol. The third kappa shape index (κ3) is 8.21. The van der Waals surface area contributed by atoms with E-state index in [1.165, 1.54) is 0 Å². The van der Waals surface area contributed by atoms with E-state index in [9.17, 15) is 14.4 Å². The molecule has 1 fully saturated rings. The molecule has 4 atom stereocenters. The van der Waals surface area contributed by atoms with Crippen LogP contribution in [-0.2, 0) is 27.3 Å². The second kappa shape index (κ2) is 13.2. The molecule has 0 aromatic heterocycles. The molecule has 4 unspecified atom stereocenters. The summed E-state index contributed by atoms with van der Waals surface area (Å²) in [6.45, 7) is 11.8. The number of ether oxygens (including phenoxy) is 1. The molecule has 7 nitrogen and oxygen atoms in total. The van der Waals surface area contributed by atoms with Gasteiger partial charge < -0.3 is 20.3 Å². The molecule has 0 saturated heterocycles. The molecular formula is C35H43N3O4. The molecule has 0 bridgehead atoms. The molecule has 222 valence electrons. The molecule has 7 heteroatoms. The van der Waals surface area contributed by atoms with Gasteiger partial charge in [0.1, 0.15) is 17.7 Å². The van der Waals surface area contributed by atoms with E-state index in [0.717, 1.165) is 34.2 Å². The van der Waals surface area contributed by atoms with Crippen molar-refractivity contribution in [2.45, 2.75) is 84.7 Å². The zero-order valence-corrected chi connectivity index (χ0v) is 25.5. The van der Waals surface area contributed by atoms with Crippen LogP contribution in [0.4, 0.5) is 4.79 Å². The summed E-state index contributed by atoms with van der Waals surface area (Å²) in [5.74, 6) is -0.337. The van der Waals surface area contributed by atoms with Gasteiger partial charge in [0.15, 0.2) is 0 Å². The molecule has 0 radical (unpaired) electrons. The smallest absolute Gasteiger partial charge is 0.408 e. The normalized spacial score (nSPS) is 17.5. The van der Waals surface area contributed by atoms with E-state index in [1.807, 2.05) is 92.7 Å². The summed E-state index contributed by atoms with van der Waals surface area (Å²) in [5, 5.41) is 5.93. The molecule has 0 heterocycles. The molecule has 0 spiro atoms. The molecule has 42 heavy (non-hydrogen) atoms. The van der Waals surface area contributed by atoms with E-state index < -0.39 is 23.8 Å². The number of amides is 3. The summed E-state index contributed by atoms with van der Waals surface area (Å²) in [7, 11) is 0. The second-order valence-electron chi connectivity index (χ2n) is 12.4. The van der Waals surface area contributed by atoms with E-state index in [1.54, 1.807) is 25.7 Å². The number of nitrogens with one attached hydrogen (secondary N) is 2. The second-order valence-corrected chi connectivity index (χ2v) is 12.4. The largest absolute Gasteiger partial charge is 0.444 e.